The van der Waals surface area contributed by atoms with Crippen LogP contribution >= 0.6 is 15.9 Å². The molecule has 6 nitrogen and oxygen atoms in total. The van der Waals surface area contributed by atoms with Gasteiger partial charge in [0.05, 0.1) is 19.7 Å². The summed E-state index contributed by atoms with van der Waals surface area (Å²) in [6, 6.07) is 8.02. The lowest BCUT2D eigenvalue weighted by atomic mass is 10.1. The largest absolute Gasteiger partial charge is 0.380 e. The van der Waals surface area contributed by atoms with Gasteiger partial charge in [-0.3, -0.25) is 4.79 Å². The van der Waals surface area contributed by atoms with Gasteiger partial charge in [0.1, 0.15) is 0 Å². The summed E-state index contributed by atoms with van der Waals surface area (Å²) < 4.78 is 6.65. The molecule has 0 aromatic heterocycles. The minimum absolute atomic E-state index is 0.00340. The third-order valence-electron chi connectivity index (χ3n) is 3.62. The fraction of sp³-hybridized carbons (Fsp3) is 0.579. The van der Waals surface area contributed by atoms with Crippen LogP contribution in [0.1, 0.15) is 25.8 Å². The molecule has 0 radical (unpaired) electrons. The Bertz CT molecular complexity index is 559. The van der Waals surface area contributed by atoms with Gasteiger partial charge in [-0.2, -0.15) is 0 Å². The highest BCUT2D eigenvalue weighted by Gasteiger charge is 2.06. The van der Waals surface area contributed by atoms with Gasteiger partial charge in [0, 0.05) is 31.7 Å². The zero-order valence-electron chi connectivity index (χ0n) is 16.2. The Labute approximate surface area is 165 Å². The van der Waals surface area contributed by atoms with E-state index in [-0.39, 0.29) is 12.5 Å². The monoisotopic (exact) mass is 426 g/mol. The fourth-order valence-electron chi connectivity index (χ4n) is 1.91. The number of amides is 1. The summed E-state index contributed by atoms with van der Waals surface area (Å²) in [6.07, 6.45) is 1.06. The quantitative estimate of drug-likeness (QED) is 0.342. The zero-order valence-corrected chi connectivity index (χ0v) is 17.8. The minimum Gasteiger partial charge on any atom is -0.380 e. The number of guanidine groups is 1. The molecule has 26 heavy (non-hydrogen) atoms. The Morgan fingerprint density at radius 1 is 1.19 bits per heavy atom. The molecule has 1 amide bonds. The molecule has 0 saturated heterocycles. The van der Waals surface area contributed by atoms with Crippen LogP contribution in [-0.4, -0.2) is 57.2 Å². The van der Waals surface area contributed by atoms with Gasteiger partial charge in [0.25, 0.3) is 0 Å². The van der Waals surface area contributed by atoms with Crippen molar-refractivity contribution >= 4 is 27.8 Å². The number of nitrogens with one attached hydrogen (secondary N) is 2. The molecule has 0 spiro atoms. The van der Waals surface area contributed by atoms with E-state index >= 15 is 0 Å². The van der Waals surface area contributed by atoms with Gasteiger partial charge in [-0.1, -0.05) is 41.9 Å². The molecular formula is C19H31BrN4O2. The van der Waals surface area contributed by atoms with Crippen LogP contribution in [0.15, 0.2) is 33.7 Å². The molecule has 0 unspecified atom stereocenters. The molecule has 0 aliphatic rings. The van der Waals surface area contributed by atoms with Crippen LogP contribution in [0.2, 0.25) is 0 Å². The highest BCUT2D eigenvalue weighted by Crippen LogP contribution is 2.11. The summed E-state index contributed by atoms with van der Waals surface area (Å²) >= 11 is 3.43. The normalized spacial score (nSPS) is 11.5. The SMILES string of the molecule is CC(C)CCOCCNC(=NCc1ccc(Br)cc1)NCC(=O)N(C)C. The van der Waals surface area contributed by atoms with Crippen molar-refractivity contribution in [3.63, 3.8) is 0 Å². The van der Waals surface area contributed by atoms with Crippen LogP contribution in [0.25, 0.3) is 0 Å². The third-order valence-corrected chi connectivity index (χ3v) is 4.15. The predicted molar refractivity (Wildman–Crippen MR) is 110 cm³/mol. The van der Waals surface area contributed by atoms with Gasteiger partial charge in [-0.25, -0.2) is 4.99 Å². The molecule has 7 heteroatoms. The van der Waals surface area contributed by atoms with Gasteiger partial charge in [-0.15, -0.1) is 0 Å². The molecule has 146 valence electrons. The molecule has 0 heterocycles. The van der Waals surface area contributed by atoms with E-state index < -0.39 is 0 Å². The van der Waals surface area contributed by atoms with E-state index in [4.69, 9.17) is 4.74 Å². The number of rotatable bonds is 10. The zero-order chi connectivity index (χ0) is 19.4. The first-order valence-electron chi connectivity index (χ1n) is 8.93. The van der Waals surface area contributed by atoms with Crippen LogP contribution in [0, 0.1) is 5.92 Å². The third kappa shape index (κ3) is 10.4. The molecule has 1 aromatic rings. The van der Waals surface area contributed by atoms with Crippen molar-refractivity contribution in [1.29, 1.82) is 0 Å². The van der Waals surface area contributed by atoms with Crippen LogP contribution in [0.5, 0.6) is 0 Å². The first-order chi connectivity index (χ1) is 12.4. The first kappa shape index (κ1) is 22.4. The van der Waals surface area contributed by atoms with Crippen molar-refractivity contribution in [3.8, 4) is 0 Å². The average Bonchev–Trinajstić information content (AvgIpc) is 2.60. The van der Waals surface area contributed by atoms with Gasteiger partial charge >= 0.3 is 0 Å². The number of hydrogen-bond acceptors (Lipinski definition) is 3. The number of hydrogen-bond donors (Lipinski definition) is 2. The minimum atomic E-state index is -0.00340. The summed E-state index contributed by atoms with van der Waals surface area (Å²) in [5, 5.41) is 6.29. The van der Waals surface area contributed by atoms with Crippen molar-refractivity contribution in [2.45, 2.75) is 26.8 Å². The van der Waals surface area contributed by atoms with Gasteiger partial charge in [0.15, 0.2) is 5.96 Å². The Hall–Kier alpha value is -1.60. The smallest absolute Gasteiger partial charge is 0.241 e. The Kier molecular flexibility index (Phi) is 11.0. The summed E-state index contributed by atoms with van der Waals surface area (Å²) in [5.41, 5.74) is 1.10. The number of carbonyl (C=O) groups is 1. The van der Waals surface area contributed by atoms with Crippen molar-refractivity contribution < 1.29 is 9.53 Å². The second-order valence-corrected chi connectivity index (χ2v) is 7.57. The fourth-order valence-corrected chi connectivity index (χ4v) is 2.18. The second kappa shape index (κ2) is 12.7. The number of aliphatic imine (C=N–C) groups is 1. The molecular weight excluding hydrogens is 396 g/mol. The first-order valence-corrected chi connectivity index (χ1v) is 9.72. The van der Waals surface area contributed by atoms with Crippen molar-refractivity contribution in [1.82, 2.24) is 15.5 Å². The number of nitrogens with zero attached hydrogens (tertiary/aromatic N) is 2. The molecule has 2 N–H and O–H groups in total. The highest BCUT2D eigenvalue weighted by molar-refractivity contribution is 9.10. The Morgan fingerprint density at radius 2 is 1.88 bits per heavy atom. The molecule has 0 aliphatic carbocycles. The highest BCUT2D eigenvalue weighted by atomic mass is 79.9. The topological polar surface area (TPSA) is 66.0 Å². The number of halogens is 1. The number of ether oxygens (including phenoxy) is 1. The maximum Gasteiger partial charge on any atom is 0.241 e. The maximum atomic E-state index is 11.8. The van der Waals surface area contributed by atoms with E-state index in [0.29, 0.717) is 31.6 Å². The average molecular weight is 427 g/mol. The van der Waals surface area contributed by atoms with Crippen molar-refractivity contribution in [2.75, 3.05) is 40.4 Å². The number of benzene rings is 1. The Morgan fingerprint density at radius 3 is 2.50 bits per heavy atom. The van der Waals surface area contributed by atoms with Crippen LogP contribution in [-0.2, 0) is 16.1 Å². The summed E-state index contributed by atoms with van der Waals surface area (Å²) in [4.78, 5) is 17.9. The molecule has 0 atom stereocenters. The molecule has 0 bridgehead atoms. The van der Waals surface area contributed by atoms with E-state index in [9.17, 15) is 4.79 Å². The molecule has 0 aliphatic heterocycles. The van der Waals surface area contributed by atoms with Crippen LogP contribution < -0.4 is 10.6 Å². The van der Waals surface area contributed by atoms with E-state index in [1.165, 1.54) is 0 Å². The number of likely N-dealkylation sites (N-methyl/N-ethyl adjacent to an activating group) is 1. The predicted octanol–water partition coefficient (Wildman–Crippen LogP) is 2.64. The van der Waals surface area contributed by atoms with E-state index in [2.05, 4.69) is 45.4 Å². The van der Waals surface area contributed by atoms with E-state index in [1.807, 2.05) is 24.3 Å². The summed E-state index contributed by atoms with van der Waals surface area (Å²) in [6.45, 7) is 7.10. The van der Waals surface area contributed by atoms with Crippen LogP contribution in [0.4, 0.5) is 0 Å². The van der Waals surface area contributed by atoms with E-state index in [1.54, 1.807) is 19.0 Å². The molecule has 1 aromatic carbocycles. The Balaban J connectivity index is 2.50. The molecule has 0 saturated carbocycles. The number of carbonyl (C=O) groups excluding carboxylic acids is 1. The van der Waals surface area contributed by atoms with Crippen molar-refractivity contribution in [3.05, 3.63) is 34.3 Å². The van der Waals surface area contributed by atoms with Gasteiger partial charge in [-0.05, 0) is 30.0 Å². The lowest BCUT2D eigenvalue weighted by Gasteiger charge is -2.15. The lowest BCUT2D eigenvalue weighted by molar-refractivity contribution is -0.127. The molecule has 0 fully saturated rings. The van der Waals surface area contributed by atoms with E-state index in [0.717, 1.165) is 23.1 Å². The second-order valence-electron chi connectivity index (χ2n) is 6.65. The summed E-state index contributed by atoms with van der Waals surface area (Å²) in [5.74, 6) is 1.25. The summed E-state index contributed by atoms with van der Waals surface area (Å²) in [7, 11) is 3.47. The van der Waals surface area contributed by atoms with Crippen LogP contribution in [0.3, 0.4) is 0 Å². The van der Waals surface area contributed by atoms with Crippen molar-refractivity contribution in [2.24, 2.45) is 10.9 Å². The standard InChI is InChI=1S/C19H31BrN4O2/c1-15(2)9-11-26-12-10-21-19(23-14-18(25)24(3)4)22-13-16-5-7-17(20)8-6-16/h5-8,15H,9-14H2,1-4H3,(H2,21,22,23). The van der Waals surface area contributed by atoms with Gasteiger partial charge < -0.3 is 20.3 Å². The lowest BCUT2D eigenvalue weighted by Crippen LogP contribution is -2.43. The molecule has 1 rings (SSSR count). The van der Waals surface area contributed by atoms with Gasteiger partial charge in [0.2, 0.25) is 5.91 Å². The maximum absolute atomic E-state index is 11.8.